The van der Waals surface area contributed by atoms with Crippen LogP contribution in [0.15, 0.2) is 24.3 Å². The third-order valence-electron chi connectivity index (χ3n) is 3.47. The van der Waals surface area contributed by atoms with Gasteiger partial charge in [0.25, 0.3) is 0 Å². The summed E-state index contributed by atoms with van der Waals surface area (Å²) in [6.45, 7) is 4.37. The number of hydrogen-bond acceptors (Lipinski definition) is 3. The molecule has 1 aliphatic heterocycles. The fraction of sp³-hybridized carbons (Fsp3) is 0.462. The van der Waals surface area contributed by atoms with Crippen molar-refractivity contribution in [1.29, 1.82) is 5.26 Å². The first kappa shape index (κ1) is 11.1. The molecule has 1 aromatic rings. The number of hydrogen-bond donors (Lipinski definition) is 1. The fourth-order valence-electron chi connectivity index (χ4n) is 1.95. The highest BCUT2D eigenvalue weighted by Crippen LogP contribution is 2.22. The molecule has 1 heterocycles. The van der Waals surface area contributed by atoms with Crippen molar-refractivity contribution in [2.75, 3.05) is 20.1 Å². The van der Waals surface area contributed by atoms with Gasteiger partial charge in [-0.2, -0.15) is 5.26 Å². The molecule has 1 saturated heterocycles. The minimum absolute atomic E-state index is 0.403. The fourth-order valence-corrected chi connectivity index (χ4v) is 1.95. The zero-order valence-corrected chi connectivity index (χ0v) is 9.77. The van der Waals surface area contributed by atoms with Crippen molar-refractivity contribution in [2.24, 2.45) is 0 Å². The maximum Gasteiger partial charge on any atom is 0.0991 e. The molecule has 0 radical (unpaired) electrons. The van der Waals surface area contributed by atoms with Crippen molar-refractivity contribution < 1.29 is 0 Å². The monoisotopic (exact) mass is 215 g/mol. The van der Waals surface area contributed by atoms with E-state index in [1.54, 1.807) is 0 Å². The van der Waals surface area contributed by atoms with E-state index in [4.69, 9.17) is 5.26 Å². The van der Waals surface area contributed by atoms with Crippen LogP contribution in [0.25, 0.3) is 0 Å². The van der Waals surface area contributed by atoms with Gasteiger partial charge in [-0.3, -0.25) is 4.90 Å². The van der Waals surface area contributed by atoms with Crippen molar-refractivity contribution in [3.8, 4) is 6.07 Å². The van der Waals surface area contributed by atoms with E-state index in [9.17, 15) is 0 Å². The largest absolute Gasteiger partial charge is 0.314 e. The van der Waals surface area contributed by atoms with Crippen LogP contribution >= 0.6 is 0 Å². The second kappa shape index (κ2) is 4.65. The van der Waals surface area contributed by atoms with E-state index in [2.05, 4.69) is 30.3 Å². The van der Waals surface area contributed by atoms with Crippen LogP contribution in [0.3, 0.4) is 0 Å². The van der Waals surface area contributed by atoms with E-state index in [0.717, 1.165) is 18.7 Å². The first-order chi connectivity index (χ1) is 7.72. The number of nitriles is 1. The minimum atomic E-state index is 0.403. The Balaban J connectivity index is 2.07. The molecule has 2 rings (SSSR count). The Morgan fingerprint density at radius 2 is 2.00 bits per heavy atom. The number of nitrogens with zero attached hydrogens (tertiary/aromatic N) is 2. The molecule has 0 bridgehead atoms. The second-order valence-electron chi connectivity index (χ2n) is 4.39. The molecule has 84 valence electrons. The molecule has 0 spiro atoms. The van der Waals surface area contributed by atoms with Crippen LogP contribution < -0.4 is 5.32 Å². The normalized spacial score (nSPS) is 17.9. The zero-order chi connectivity index (χ0) is 11.5. The van der Waals surface area contributed by atoms with Crippen molar-refractivity contribution in [2.45, 2.75) is 19.0 Å². The van der Waals surface area contributed by atoms with E-state index in [0.29, 0.717) is 12.1 Å². The Kier molecular flexibility index (Phi) is 3.23. The summed E-state index contributed by atoms with van der Waals surface area (Å²) in [5.41, 5.74) is 2.00. The predicted molar refractivity (Wildman–Crippen MR) is 64.0 cm³/mol. The van der Waals surface area contributed by atoms with Crippen molar-refractivity contribution in [3.05, 3.63) is 35.4 Å². The summed E-state index contributed by atoms with van der Waals surface area (Å²) in [4.78, 5) is 2.39. The Morgan fingerprint density at radius 3 is 2.44 bits per heavy atom. The van der Waals surface area contributed by atoms with Crippen LogP contribution in [0.2, 0.25) is 0 Å². The van der Waals surface area contributed by atoms with Gasteiger partial charge in [0.1, 0.15) is 0 Å². The topological polar surface area (TPSA) is 39.1 Å². The smallest absolute Gasteiger partial charge is 0.0991 e. The Morgan fingerprint density at radius 1 is 1.38 bits per heavy atom. The first-order valence-electron chi connectivity index (χ1n) is 5.65. The van der Waals surface area contributed by atoms with Gasteiger partial charge in [-0.15, -0.1) is 0 Å². The van der Waals surface area contributed by atoms with E-state index in [1.807, 2.05) is 24.3 Å². The average Bonchev–Trinajstić information content (AvgIpc) is 2.26. The van der Waals surface area contributed by atoms with Crippen LogP contribution in [0, 0.1) is 11.3 Å². The molecule has 1 aromatic carbocycles. The van der Waals surface area contributed by atoms with Crippen LogP contribution in [0.4, 0.5) is 0 Å². The molecule has 1 aliphatic rings. The third kappa shape index (κ3) is 2.08. The zero-order valence-electron chi connectivity index (χ0n) is 9.77. The number of nitrogens with one attached hydrogen (secondary N) is 1. The number of likely N-dealkylation sites (N-methyl/N-ethyl adjacent to an activating group) is 1. The van der Waals surface area contributed by atoms with Crippen molar-refractivity contribution >= 4 is 0 Å². The van der Waals surface area contributed by atoms with Crippen molar-refractivity contribution in [3.63, 3.8) is 0 Å². The molecular weight excluding hydrogens is 198 g/mol. The number of rotatable bonds is 3. The molecule has 0 aromatic heterocycles. The van der Waals surface area contributed by atoms with Gasteiger partial charge in [0.2, 0.25) is 0 Å². The summed E-state index contributed by atoms with van der Waals surface area (Å²) in [6, 6.07) is 11.1. The summed E-state index contributed by atoms with van der Waals surface area (Å²) in [7, 11) is 2.16. The van der Waals surface area contributed by atoms with Gasteiger partial charge in [-0.25, -0.2) is 0 Å². The Hall–Kier alpha value is -1.37. The lowest BCUT2D eigenvalue weighted by Gasteiger charge is -2.39. The number of benzene rings is 1. The average molecular weight is 215 g/mol. The molecule has 0 aliphatic carbocycles. The Bertz CT molecular complexity index is 387. The summed E-state index contributed by atoms with van der Waals surface area (Å²) < 4.78 is 0. The highest BCUT2D eigenvalue weighted by molar-refractivity contribution is 5.32. The molecule has 1 fully saturated rings. The van der Waals surface area contributed by atoms with Gasteiger partial charge >= 0.3 is 0 Å². The van der Waals surface area contributed by atoms with Crippen LogP contribution in [-0.4, -0.2) is 31.1 Å². The molecule has 1 atom stereocenters. The molecule has 3 heteroatoms. The summed E-state index contributed by atoms with van der Waals surface area (Å²) in [5, 5.41) is 12.0. The first-order valence-corrected chi connectivity index (χ1v) is 5.65. The minimum Gasteiger partial charge on any atom is -0.314 e. The molecule has 0 saturated carbocycles. The maximum absolute atomic E-state index is 8.74. The summed E-state index contributed by atoms with van der Waals surface area (Å²) in [5.74, 6) is 0. The highest BCUT2D eigenvalue weighted by Gasteiger charge is 2.25. The predicted octanol–water partition coefficient (Wildman–Crippen LogP) is 1.52. The van der Waals surface area contributed by atoms with Gasteiger partial charge < -0.3 is 5.32 Å². The SMILES string of the molecule is CC(c1ccc(C#N)cc1)N(C)C1CNC1. The summed E-state index contributed by atoms with van der Waals surface area (Å²) in [6.07, 6.45) is 0. The highest BCUT2D eigenvalue weighted by atomic mass is 15.2. The van der Waals surface area contributed by atoms with Crippen molar-refractivity contribution in [1.82, 2.24) is 10.2 Å². The standard InChI is InChI=1S/C13H17N3/c1-10(16(2)13-8-15-9-13)12-5-3-11(7-14)4-6-12/h3-6,10,13,15H,8-9H2,1-2H3. The van der Waals surface area contributed by atoms with Gasteiger partial charge in [-0.1, -0.05) is 12.1 Å². The quantitative estimate of drug-likeness (QED) is 0.831. The molecular formula is C13H17N3. The van der Waals surface area contributed by atoms with E-state index < -0.39 is 0 Å². The van der Waals surface area contributed by atoms with Gasteiger partial charge in [0, 0.05) is 25.2 Å². The van der Waals surface area contributed by atoms with Gasteiger partial charge in [0.15, 0.2) is 0 Å². The second-order valence-corrected chi connectivity index (χ2v) is 4.39. The molecule has 3 nitrogen and oxygen atoms in total. The lowest BCUT2D eigenvalue weighted by atomic mass is 10.0. The summed E-state index contributed by atoms with van der Waals surface area (Å²) >= 11 is 0. The van der Waals surface area contributed by atoms with Crippen LogP contribution in [0.5, 0.6) is 0 Å². The molecule has 0 amide bonds. The van der Waals surface area contributed by atoms with Gasteiger partial charge in [0.05, 0.1) is 11.6 Å². The molecule has 1 unspecified atom stereocenters. The van der Waals surface area contributed by atoms with Crippen LogP contribution in [0.1, 0.15) is 24.1 Å². The Labute approximate surface area is 96.7 Å². The lowest BCUT2D eigenvalue weighted by molar-refractivity contribution is 0.136. The molecule has 1 N–H and O–H groups in total. The van der Waals surface area contributed by atoms with E-state index >= 15 is 0 Å². The third-order valence-corrected chi connectivity index (χ3v) is 3.47. The lowest BCUT2D eigenvalue weighted by Crippen LogP contribution is -2.56. The van der Waals surface area contributed by atoms with Crippen LogP contribution in [-0.2, 0) is 0 Å². The van der Waals surface area contributed by atoms with Gasteiger partial charge in [-0.05, 0) is 31.7 Å². The molecule has 16 heavy (non-hydrogen) atoms. The van der Waals surface area contributed by atoms with E-state index in [1.165, 1.54) is 5.56 Å². The van der Waals surface area contributed by atoms with E-state index in [-0.39, 0.29) is 0 Å². The maximum atomic E-state index is 8.74.